The highest BCUT2D eigenvalue weighted by Gasteiger charge is 2.34. The summed E-state index contributed by atoms with van der Waals surface area (Å²) < 4.78 is 39.7. The number of hydrogen-bond acceptors (Lipinski definition) is 2. The van der Waals surface area contributed by atoms with Gasteiger partial charge in [-0.05, 0) is 48.9 Å². The van der Waals surface area contributed by atoms with Crippen molar-refractivity contribution in [2.24, 2.45) is 5.16 Å². The van der Waals surface area contributed by atoms with Gasteiger partial charge < -0.3 is 4.84 Å². The van der Waals surface area contributed by atoms with Gasteiger partial charge in [0, 0.05) is 15.6 Å². The summed E-state index contributed by atoms with van der Waals surface area (Å²) in [6, 6.07) is 9.78. The largest absolute Gasteiger partial charge is 0.417 e. The second-order valence-electron chi connectivity index (χ2n) is 5.02. The van der Waals surface area contributed by atoms with E-state index in [1.165, 1.54) is 12.1 Å². The summed E-state index contributed by atoms with van der Waals surface area (Å²) in [5.41, 5.74) is -0.688. The Kier molecular flexibility index (Phi) is 6.13. The molecule has 0 saturated carbocycles. The van der Waals surface area contributed by atoms with Gasteiger partial charge in [-0.25, -0.2) is 0 Å². The van der Waals surface area contributed by atoms with Crippen LogP contribution in [0.3, 0.4) is 0 Å². The summed E-state index contributed by atoms with van der Waals surface area (Å²) in [5.74, 6) is 0.378. The van der Waals surface area contributed by atoms with E-state index in [0.29, 0.717) is 23.6 Å². The van der Waals surface area contributed by atoms with Crippen molar-refractivity contribution in [1.29, 1.82) is 0 Å². The molecule has 0 amide bonds. The van der Waals surface area contributed by atoms with Crippen molar-refractivity contribution in [3.63, 3.8) is 0 Å². The van der Waals surface area contributed by atoms with Crippen LogP contribution < -0.4 is 4.84 Å². The van der Waals surface area contributed by atoms with E-state index in [0.717, 1.165) is 6.07 Å². The number of benzene rings is 2. The number of rotatable bonds is 5. The zero-order valence-corrected chi connectivity index (χ0v) is 14.2. The highest BCUT2D eigenvalue weighted by Crippen LogP contribution is 2.34. The molecular formula is C17H14Cl2F3NO. The normalized spacial score (nSPS) is 12.3. The molecule has 0 aliphatic rings. The highest BCUT2D eigenvalue weighted by molar-refractivity contribution is 6.31. The van der Waals surface area contributed by atoms with Crippen LogP contribution in [0, 0.1) is 0 Å². The van der Waals surface area contributed by atoms with Crippen LogP contribution in [0.4, 0.5) is 13.2 Å². The molecule has 2 aromatic carbocycles. The van der Waals surface area contributed by atoms with Crippen LogP contribution in [0.5, 0.6) is 5.75 Å². The van der Waals surface area contributed by atoms with Crippen LogP contribution in [0.1, 0.15) is 30.9 Å². The molecule has 0 aromatic heterocycles. The smallest absolute Gasteiger partial charge is 0.357 e. The summed E-state index contributed by atoms with van der Waals surface area (Å²) in [6.45, 7) is 1.84. The highest BCUT2D eigenvalue weighted by atomic mass is 35.5. The molecule has 0 heterocycles. The maximum absolute atomic E-state index is 13.2. The molecule has 0 fully saturated rings. The van der Waals surface area contributed by atoms with E-state index in [-0.39, 0.29) is 16.3 Å². The maximum Gasteiger partial charge on any atom is 0.417 e. The summed E-state index contributed by atoms with van der Waals surface area (Å²) in [7, 11) is 0. The predicted molar refractivity (Wildman–Crippen MR) is 90.0 cm³/mol. The van der Waals surface area contributed by atoms with E-state index in [4.69, 9.17) is 28.0 Å². The second-order valence-corrected chi connectivity index (χ2v) is 5.89. The molecule has 2 nitrogen and oxygen atoms in total. The Morgan fingerprint density at radius 2 is 1.67 bits per heavy atom. The molecule has 0 N–H and O–H groups in total. The number of halogens is 5. The maximum atomic E-state index is 13.2. The lowest BCUT2D eigenvalue weighted by molar-refractivity contribution is -0.137. The fourth-order valence-electron chi connectivity index (χ4n) is 2.07. The minimum atomic E-state index is -4.51. The third kappa shape index (κ3) is 4.89. The minimum absolute atomic E-state index is 0.0780. The van der Waals surface area contributed by atoms with Crippen LogP contribution in [0.25, 0.3) is 0 Å². The molecule has 0 unspecified atom stereocenters. The van der Waals surface area contributed by atoms with Gasteiger partial charge in [0.2, 0.25) is 0 Å². The first-order chi connectivity index (χ1) is 11.3. The fourth-order valence-corrected chi connectivity index (χ4v) is 2.37. The molecular weight excluding hydrogens is 362 g/mol. The number of alkyl halides is 3. The fraction of sp³-hybridized carbons (Fsp3) is 0.235. The summed E-state index contributed by atoms with van der Waals surface area (Å²) >= 11 is 11.6. The summed E-state index contributed by atoms with van der Waals surface area (Å²) in [6.07, 6.45) is -3.58. The summed E-state index contributed by atoms with van der Waals surface area (Å²) in [5, 5.41) is 4.64. The van der Waals surface area contributed by atoms with Crippen molar-refractivity contribution in [2.75, 3.05) is 0 Å². The van der Waals surface area contributed by atoms with Gasteiger partial charge in [-0.2, -0.15) is 13.2 Å². The topological polar surface area (TPSA) is 21.6 Å². The molecule has 2 aromatic rings. The second kappa shape index (κ2) is 7.90. The molecule has 0 bridgehead atoms. The first-order valence-electron chi connectivity index (χ1n) is 7.18. The molecule has 0 radical (unpaired) electrons. The van der Waals surface area contributed by atoms with Crippen LogP contribution in [-0.4, -0.2) is 5.71 Å². The Morgan fingerprint density at radius 3 is 2.25 bits per heavy atom. The molecule has 0 aliphatic carbocycles. The third-order valence-corrected chi connectivity index (χ3v) is 3.65. The molecule has 0 atom stereocenters. The molecule has 2 rings (SSSR count). The van der Waals surface area contributed by atoms with Crippen molar-refractivity contribution in [2.45, 2.75) is 25.9 Å². The third-order valence-electron chi connectivity index (χ3n) is 3.16. The van der Waals surface area contributed by atoms with Gasteiger partial charge in [-0.3, -0.25) is 0 Å². The zero-order chi connectivity index (χ0) is 17.7. The van der Waals surface area contributed by atoms with Crippen LogP contribution in [0.2, 0.25) is 10.0 Å². The monoisotopic (exact) mass is 375 g/mol. The van der Waals surface area contributed by atoms with Crippen molar-refractivity contribution < 1.29 is 18.0 Å². The van der Waals surface area contributed by atoms with Crippen molar-refractivity contribution >= 4 is 28.9 Å². The van der Waals surface area contributed by atoms with E-state index in [2.05, 4.69) is 5.16 Å². The van der Waals surface area contributed by atoms with E-state index in [1.807, 2.05) is 6.92 Å². The first-order valence-corrected chi connectivity index (χ1v) is 7.93. The van der Waals surface area contributed by atoms with Crippen molar-refractivity contribution in [3.05, 3.63) is 63.6 Å². The minimum Gasteiger partial charge on any atom is -0.357 e. The predicted octanol–water partition coefficient (Wildman–Crippen LogP) is 6.60. The number of hydrogen-bond donors (Lipinski definition) is 0. The van der Waals surface area contributed by atoms with Gasteiger partial charge in [0.25, 0.3) is 0 Å². The van der Waals surface area contributed by atoms with E-state index in [1.54, 1.807) is 24.3 Å². The molecule has 0 aliphatic heterocycles. The van der Waals surface area contributed by atoms with E-state index < -0.39 is 11.7 Å². The SMILES string of the molecule is CCCC(=NOc1ccc(Cl)cc1)c1cc(Cl)ccc1C(F)(F)F. The van der Waals surface area contributed by atoms with Crippen LogP contribution >= 0.6 is 23.2 Å². The molecule has 7 heteroatoms. The summed E-state index contributed by atoms with van der Waals surface area (Å²) in [4.78, 5) is 5.26. The van der Waals surface area contributed by atoms with Gasteiger partial charge in [-0.15, -0.1) is 0 Å². The average molecular weight is 376 g/mol. The van der Waals surface area contributed by atoms with Gasteiger partial charge in [0.05, 0.1) is 11.3 Å². The molecule has 24 heavy (non-hydrogen) atoms. The Morgan fingerprint density at radius 1 is 1.04 bits per heavy atom. The van der Waals surface area contributed by atoms with E-state index >= 15 is 0 Å². The Hall–Kier alpha value is -1.72. The quantitative estimate of drug-likeness (QED) is 0.426. The number of oxime groups is 1. The molecule has 0 spiro atoms. The number of nitrogens with zero attached hydrogens (tertiary/aromatic N) is 1. The Labute approximate surface area is 147 Å². The van der Waals surface area contributed by atoms with Crippen molar-refractivity contribution in [3.8, 4) is 5.75 Å². The average Bonchev–Trinajstić information content (AvgIpc) is 2.51. The van der Waals surface area contributed by atoms with Gasteiger partial charge in [0.1, 0.15) is 0 Å². The van der Waals surface area contributed by atoms with Gasteiger partial charge in [0.15, 0.2) is 5.75 Å². The van der Waals surface area contributed by atoms with E-state index in [9.17, 15) is 13.2 Å². The Bertz CT molecular complexity index is 728. The van der Waals surface area contributed by atoms with Crippen molar-refractivity contribution in [1.82, 2.24) is 0 Å². The molecule has 0 saturated heterocycles. The lowest BCUT2D eigenvalue weighted by Crippen LogP contribution is -2.14. The Balaban J connectivity index is 2.41. The first kappa shape index (κ1) is 18.6. The van der Waals surface area contributed by atoms with Crippen LogP contribution in [0.15, 0.2) is 47.6 Å². The van der Waals surface area contributed by atoms with Crippen LogP contribution in [-0.2, 0) is 6.18 Å². The standard InChI is InChI=1S/C17H14Cl2F3NO/c1-2-3-16(23-24-13-7-4-11(18)5-8-13)14-10-12(19)6-9-15(14)17(20,21)22/h4-10H,2-3H2,1H3. The zero-order valence-electron chi connectivity index (χ0n) is 12.7. The molecule has 128 valence electrons. The van der Waals surface area contributed by atoms with Gasteiger partial charge in [-0.1, -0.05) is 41.7 Å². The lowest BCUT2D eigenvalue weighted by Gasteiger charge is -2.14. The lowest BCUT2D eigenvalue weighted by atomic mass is 9.99. The van der Waals surface area contributed by atoms with Gasteiger partial charge >= 0.3 is 6.18 Å².